The summed E-state index contributed by atoms with van der Waals surface area (Å²) in [5.74, 6) is 1.40. The van der Waals surface area contributed by atoms with Crippen LogP contribution < -0.4 is 0 Å². The van der Waals surface area contributed by atoms with Crippen molar-refractivity contribution in [2.75, 3.05) is 33.7 Å². The maximum absolute atomic E-state index is 12.9. The molecule has 0 radical (unpaired) electrons. The number of carbonyl (C=O) groups excluding carboxylic acids is 1. The molecule has 0 aliphatic carbocycles. The molecule has 3 aliphatic rings. The zero-order chi connectivity index (χ0) is 19.3. The number of fused-ring (bicyclic) bond motifs is 2. The zero-order valence-electron chi connectivity index (χ0n) is 17.0. The summed E-state index contributed by atoms with van der Waals surface area (Å²) in [6, 6.07) is 8.38. The van der Waals surface area contributed by atoms with Crippen molar-refractivity contribution in [1.29, 1.82) is 0 Å². The van der Waals surface area contributed by atoms with Gasteiger partial charge in [0.05, 0.1) is 18.2 Å². The maximum Gasteiger partial charge on any atom is 0.222 e. The number of carbonyl (C=O) groups is 1. The SMILES string of the molecule is CN(C)C[C@H]1[C@H]2CN(C(=O)CCCc3c[nH]c4ccccc34)C[C@]23CC[C@H]1O3. The normalized spacial score (nSPS) is 31.2. The molecular formula is C23H31N3O2. The van der Waals surface area contributed by atoms with Crippen molar-refractivity contribution in [2.45, 2.75) is 43.8 Å². The van der Waals surface area contributed by atoms with Crippen LogP contribution >= 0.6 is 0 Å². The summed E-state index contributed by atoms with van der Waals surface area (Å²) in [5.41, 5.74) is 2.45. The number of H-pyrrole nitrogens is 1. The fourth-order valence-electron chi connectivity index (χ4n) is 5.97. The predicted octanol–water partition coefficient (Wildman–Crippen LogP) is 3.06. The third-order valence-corrected chi connectivity index (χ3v) is 7.22. The van der Waals surface area contributed by atoms with E-state index in [4.69, 9.17) is 4.74 Å². The number of hydrogen-bond donors (Lipinski definition) is 1. The molecule has 3 fully saturated rings. The fraction of sp³-hybridized carbons (Fsp3) is 0.609. The third kappa shape index (κ3) is 2.96. The van der Waals surface area contributed by atoms with Gasteiger partial charge in [-0.1, -0.05) is 18.2 Å². The molecule has 2 aromatic rings. The Hall–Kier alpha value is -1.85. The van der Waals surface area contributed by atoms with Gasteiger partial charge in [0.15, 0.2) is 0 Å². The lowest BCUT2D eigenvalue weighted by atomic mass is 9.73. The Morgan fingerprint density at radius 1 is 1.36 bits per heavy atom. The van der Waals surface area contributed by atoms with E-state index in [0.29, 0.717) is 30.3 Å². The molecule has 1 aromatic heterocycles. The number of nitrogens with one attached hydrogen (secondary N) is 1. The molecule has 0 unspecified atom stereocenters. The number of benzene rings is 1. The smallest absolute Gasteiger partial charge is 0.222 e. The summed E-state index contributed by atoms with van der Waals surface area (Å²) in [6.07, 6.45) is 7.27. The van der Waals surface area contributed by atoms with Gasteiger partial charge in [0.2, 0.25) is 5.91 Å². The number of ether oxygens (including phenoxy) is 1. The molecule has 5 nitrogen and oxygen atoms in total. The van der Waals surface area contributed by atoms with Crippen LogP contribution in [0.3, 0.4) is 0 Å². The van der Waals surface area contributed by atoms with Crippen molar-refractivity contribution >= 4 is 16.8 Å². The van der Waals surface area contributed by atoms with Crippen molar-refractivity contribution in [3.8, 4) is 0 Å². The molecule has 5 heteroatoms. The van der Waals surface area contributed by atoms with E-state index >= 15 is 0 Å². The topological polar surface area (TPSA) is 48.6 Å². The number of aryl methyl sites for hydroxylation is 1. The highest BCUT2D eigenvalue weighted by Gasteiger charge is 2.63. The Balaban J connectivity index is 1.19. The van der Waals surface area contributed by atoms with E-state index in [1.165, 1.54) is 16.5 Å². The van der Waals surface area contributed by atoms with E-state index in [2.05, 4.69) is 59.3 Å². The van der Waals surface area contributed by atoms with Gasteiger partial charge in [0.25, 0.3) is 0 Å². The molecular weight excluding hydrogens is 350 g/mol. The molecule has 4 heterocycles. The van der Waals surface area contributed by atoms with Gasteiger partial charge in [0.1, 0.15) is 0 Å². The van der Waals surface area contributed by atoms with Crippen LogP contribution in [0, 0.1) is 11.8 Å². The van der Waals surface area contributed by atoms with Crippen LogP contribution in [0.4, 0.5) is 0 Å². The summed E-state index contributed by atoms with van der Waals surface area (Å²) >= 11 is 0. The van der Waals surface area contributed by atoms with Gasteiger partial charge in [-0.15, -0.1) is 0 Å². The molecule has 28 heavy (non-hydrogen) atoms. The van der Waals surface area contributed by atoms with Crippen LogP contribution in [-0.4, -0.2) is 66.1 Å². The second-order valence-corrected chi connectivity index (χ2v) is 9.28. The summed E-state index contributed by atoms with van der Waals surface area (Å²) < 4.78 is 6.46. The maximum atomic E-state index is 12.9. The minimum absolute atomic E-state index is 0.0438. The molecule has 1 amide bonds. The molecule has 3 aliphatic heterocycles. The molecule has 2 bridgehead atoms. The fourth-order valence-corrected chi connectivity index (χ4v) is 5.97. The lowest BCUT2D eigenvalue weighted by Crippen LogP contribution is -2.40. The van der Waals surface area contributed by atoms with E-state index in [0.717, 1.165) is 45.3 Å². The van der Waals surface area contributed by atoms with E-state index < -0.39 is 0 Å². The molecule has 0 saturated carbocycles. The van der Waals surface area contributed by atoms with Crippen molar-refractivity contribution < 1.29 is 9.53 Å². The lowest BCUT2D eigenvalue weighted by Gasteiger charge is -2.30. The third-order valence-electron chi connectivity index (χ3n) is 7.22. The Kier molecular flexibility index (Phi) is 4.48. The minimum atomic E-state index is -0.0438. The Bertz CT molecular complexity index is 876. The number of likely N-dealkylation sites (tertiary alicyclic amines) is 1. The first-order chi connectivity index (χ1) is 13.6. The van der Waals surface area contributed by atoms with Crippen LogP contribution in [0.2, 0.25) is 0 Å². The van der Waals surface area contributed by atoms with Crippen LogP contribution in [0.5, 0.6) is 0 Å². The van der Waals surface area contributed by atoms with Gasteiger partial charge in [-0.05, 0) is 51.4 Å². The van der Waals surface area contributed by atoms with E-state index in [1.54, 1.807) is 0 Å². The highest BCUT2D eigenvalue weighted by atomic mass is 16.5. The highest BCUT2D eigenvalue weighted by molar-refractivity contribution is 5.83. The number of rotatable bonds is 6. The van der Waals surface area contributed by atoms with Gasteiger partial charge in [-0.3, -0.25) is 4.79 Å². The largest absolute Gasteiger partial charge is 0.369 e. The summed E-state index contributed by atoms with van der Waals surface area (Å²) in [6.45, 7) is 2.77. The van der Waals surface area contributed by atoms with Gasteiger partial charge < -0.3 is 19.5 Å². The summed E-state index contributed by atoms with van der Waals surface area (Å²) in [4.78, 5) is 20.6. The average Bonchev–Trinajstić information content (AvgIpc) is 3.42. The number of aromatic nitrogens is 1. The predicted molar refractivity (Wildman–Crippen MR) is 110 cm³/mol. The summed E-state index contributed by atoms with van der Waals surface area (Å²) in [5, 5.41) is 1.28. The number of aromatic amines is 1. The van der Waals surface area contributed by atoms with Crippen molar-refractivity contribution in [3.05, 3.63) is 36.0 Å². The highest BCUT2D eigenvalue weighted by Crippen LogP contribution is 2.55. The standard InChI is InChI=1S/C23H31N3O2/c1-25(2)13-18-19-14-26(15-23(19)11-10-21(18)28-23)22(27)9-5-6-16-12-24-20-8-4-3-7-17(16)20/h3-4,7-8,12,18-19,21,24H,5-6,9-11,13-15H2,1-2H3/t18-,19+,21+,23+/m0/s1. The molecule has 1 spiro atoms. The second kappa shape index (κ2) is 6.89. The molecule has 4 atom stereocenters. The molecule has 150 valence electrons. The first kappa shape index (κ1) is 18.2. The Morgan fingerprint density at radius 2 is 2.21 bits per heavy atom. The monoisotopic (exact) mass is 381 g/mol. The molecule has 5 rings (SSSR count). The Labute approximate surface area is 167 Å². The number of nitrogens with zero attached hydrogens (tertiary/aromatic N) is 2. The molecule has 1 aromatic carbocycles. The van der Waals surface area contributed by atoms with Gasteiger partial charge in [-0.25, -0.2) is 0 Å². The second-order valence-electron chi connectivity index (χ2n) is 9.28. The van der Waals surface area contributed by atoms with Crippen LogP contribution in [0.25, 0.3) is 10.9 Å². The van der Waals surface area contributed by atoms with Gasteiger partial charge in [-0.2, -0.15) is 0 Å². The summed E-state index contributed by atoms with van der Waals surface area (Å²) in [7, 11) is 4.28. The average molecular weight is 382 g/mol. The quantitative estimate of drug-likeness (QED) is 0.837. The number of hydrogen-bond acceptors (Lipinski definition) is 3. The lowest BCUT2D eigenvalue weighted by molar-refractivity contribution is -0.131. The van der Waals surface area contributed by atoms with Crippen molar-refractivity contribution in [3.63, 3.8) is 0 Å². The van der Waals surface area contributed by atoms with E-state index in [-0.39, 0.29) is 5.60 Å². The van der Waals surface area contributed by atoms with Crippen LogP contribution in [0.15, 0.2) is 30.5 Å². The molecule has 3 saturated heterocycles. The minimum Gasteiger partial charge on any atom is -0.369 e. The first-order valence-electron chi connectivity index (χ1n) is 10.7. The van der Waals surface area contributed by atoms with Gasteiger partial charge >= 0.3 is 0 Å². The Morgan fingerprint density at radius 3 is 3.07 bits per heavy atom. The van der Waals surface area contributed by atoms with Crippen LogP contribution in [0.1, 0.15) is 31.2 Å². The van der Waals surface area contributed by atoms with Crippen LogP contribution in [-0.2, 0) is 16.0 Å². The van der Waals surface area contributed by atoms with E-state index in [9.17, 15) is 4.79 Å². The first-order valence-corrected chi connectivity index (χ1v) is 10.7. The molecule has 1 N–H and O–H groups in total. The zero-order valence-corrected chi connectivity index (χ0v) is 17.0. The van der Waals surface area contributed by atoms with Crippen molar-refractivity contribution in [1.82, 2.24) is 14.8 Å². The van der Waals surface area contributed by atoms with Gasteiger partial charge in [0, 0.05) is 48.4 Å². The number of amides is 1. The van der Waals surface area contributed by atoms with Crippen molar-refractivity contribution in [2.24, 2.45) is 11.8 Å². The number of para-hydroxylation sites is 1. The van der Waals surface area contributed by atoms with E-state index in [1.807, 2.05) is 0 Å².